The molecule has 0 saturated heterocycles. The van der Waals surface area contributed by atoms with E-state index in [0.717, 1.165) is 6.21 Å². The zero-order valence-electron chi connectivity index (χ0n) is 12.9. The summed E-state index contributed by atoms with van der Waals surface area (Å²) in [6.07, 6.45) is 1.37. The fraction of sp³-hybridized carbons (Fsp3) is 0.333. The lowest BCUT2D eigenvalue weighted by Crippen LogP contribution is -2.46. The Morgan fingerprint density at radius 2 is 1.83 bits per heavy atom. The molecule has 2 atom stereocenters. The number of carbonyl (C=O) groups is 3. The molecule has 122 valence electrons. The number of nitrogens with zero attached hydrogens (tertiary/aromatic N) is 2. The molecule has 1 aromatic rings. The van der Waals surface area contributed by atoms with Crippen LogP contribution in [-0.4, -0.2) is 34.6 Å². The molecule has 0 aliphatic carbocycles. The second kappa shape index (κ2) is 8.57. The zero-order valence-corrected chi connectivity index (χ0v) is 12.9. The Labute approximate surface area is 133 Å². The molecule has 1 rings (SSSR count). The van der Waals surface area contributed by atoms with Crippen LogP contribution in [0.15, 0.2) is 24.3 Å². The minimum Gasteiger partial charge on any atom is -0.361 e. The van der Waals surface area contributed by atoms with Crippen LogP contribution in [0.5, 0.6) is 0 Å². The molecule has 0 aromatic heterocycles. The minimum absolute atomic E-state index is 0.0949. The Kier molecular flexibility index (Phi) is 6.79. The summed E-state index contributed by atoms with van der Waals surface area (Å²) in [7, 11) is 0. The highest BCUT2D eigenvalue weighted by molar-refractivity contribution is 6.28. The molecule has 0 fully saturated rings. The van der Waals surface area contributed by atoms with Crippen LogP contribution in [0.3, 0.4) is 0 Å². The molecule has 0 aliphatic rings. The number of nitrogen functional groups attached to an aromatic ring is 1. The van der Waals surface area contributed by atoms with Crippen molar-refractivity contribution in [2.24, 2.45) is 11.8 Å². The molecule has 0 saturated carbocycles. The van der Waals surface area contributed by atoms with Gasteiger partial charge in [0.15, 0.2) is 0 Å². The first-order valence-corrected chi connectivity index (χ1v) is 7.08. The zero-order chi connectivity index (χ0) is 17.4. The standard InChI is InChI=1S/C15H19N5O3/c1-3-9(2)13(12(21)8-18-16)19-14(22)10-6-4-5-7-11(10)15(23)20-17/h4-9,13H,3,17H2,1-2H3,(H,19,22)(H,20,23)/t9-,13+/m1/s1. The highest BCUT2D eigenvalue weighted by atomic mass is 16.2. The largest absolute Gasteiger partial charge is 0.361 e. The summed E-state index contributed by atoms with van der Waals surface area (Å²) < 4.78 is 0. The van der Waals surface area contributed by atoms with Crippen LogP contribution in [0, 0.1) is 5.92 Å². The van der Waals surface area contributed by atoms with E-state index in [4.69, 9.17) is 11.4 Å². The highest BCUT2D eigenvalue weighted by Gasteiger charge is 2.28. The third-order valence-corrected chi connectivity index (χ3v) is 3.54. The number of Topliss-reactive ketones (excluding diaryl/α,β-unsaturated/α-hetero) is 1. The van der Waals surface area contributed by atoms with E-state index in [-0.39, 0.29) is 17.0 Å². The second-order valence-electron chi connectivity index (χ2n) is 5.00. The van der Waals surface area contributed by atoms with Crippen molar-refractivity contribution >= 4 is 23.8 Å². The fourth-order valence-electron chi connectivity index (χ4n) is 2.04. The molecule has 0 bridgehead atoms. The molecule has 2 amide bonds. The highest BCUT2D eigenvalue weighted by Crippen LogP contribution is 2.12. The van der Waals surface area contributed by atoms with Gasteiger partial charge in [0.05, 0.1) is 11.1 Å². The normalized spacial score (nSPS) is 12.5. The monoisotopic (exact) mass is 317 g/mol. The van der Waals surface area contributed by atoms with Crippen LogP contribution in [0.1, 0.15) is 41.0 Å². The maximum absolute atomic E-state index is 12.4. The van der Waals surface area contributed by atoms with Crippen LogP contribution in [0.4, 0.5) is 0 Å². The summed E-state index contributed by atoms with van der Waals surface area (Å²) in [6.45, 7) is 3.65. The van der Waals surface area contributed by atoms with Crippen LogP contribution in [0.25, 0.3) is 5.53 Å². The third-order valence-electron chi connectivity index (χ3n) is 3.54. The van der Waals surface area contributed by atoms with Gasteiger partial charge in [-0.05, 0) is 18.1 Å². The molecule has 0 spiro atoms. The predicted molar refractivity (Wildman–Crippen MR) is 83.5 cm³/mol. The van der Waals surface area contributed by atoms with Gasteiger partial charge >= 0.3 is 6.21 Å². The second-order valence-corrected chi connectivity index (χ2v) is 5.00. The first-order valence-electron chi connectivity index (χ1n) is 7.08. The molecule has 0 aliphatic heterocycles. The van der Waals surface area contributed by atoms with Crippen molar-refractivity contribution in [3.63, 3.8) is 0 Å². The summed E-state index contributed by atoms with van der Waals surface area (Å²) in [5, 5.41) is 2.58. The number of amides is 2. The number of nitrogens with two attached hydrogens (primary N) is 1. The van der Waals surface area contributed by atoms with E-state index in [0.29, 0.717) is 6.42 Å². The Morgan fingerprint density at radius 1 is 1.26 bits per heavy atom. The lowest BCUT2D eigenvalue weighted by molar-refractivity contribution is -0.118. The predicted octanol–water partition coefficient (Wildman–Crippen LogP) is 0.304. The third kappa shape index (κ3) is 4.57. The number of rotatable bonds is 7. The number of benzene rings is 1. The molecule has 4 N–H and O–H groups in total. The summed E-state index contributed by atoms with van der Waals surface area (Å²) >= 11 is 0. The van der Waals surface area contributed by atoms with Gasteiger partial charge in [-0.15, -0.1) is 0 Å². The van der Waals surface area contributed by atoms with Gasteiger partial charge < -0.3 is 10.8 Å². The molecule has 1 aromatic carbocycles. The van der Waals surface area contributed by atoms with Crippen molar-refractivity contribution in [2.45, 2.75) is 26.3 Å². The lowest BCUT2D eigenvalue weighted by Gasteiger charge is -2.21. The summed E-state index contributed by atoms with van der Waals surface area (Å²) in [5.74, 6) is 3.19. The van der Waals surface area contributed by atoms with Crippen molar-refractivity contribution < 1.29 is 19.2 Å². The number of nitrogens with one attached hydrogen (secondary N) is 2. The van der Waals surface area contributed by atoms with E-state index in [2.05, 4.69) is 10.1 Å². The summed E-state index contributed by atoms with van der Waals surface area (Å²) in [4.78, 5) is 38.8. The molecular weight excluding hydrogens is 298 g/mol. The first-order chi connectivity index (χ1) is 11.0. The van der Waals surface area contributed by atoms with Gasteiger partial charge in [0, 0.05) is 0 Å². The molecule has 0 unspecified atom stereocenters. The van der Waals surface area contributed by atoms with Crippen molar-refractivity contribution in [1.82, 2.24) is 10.7 Å². The van der Waals surface area contributed by atoms with Crippen LogP contribution in [-0.2, 0) is 4.79 Å². The minimum atomic E-state index is -0.864. The van der Waals surface area contributed by atoms with Crippen LogP contribution in [0.2, 0.25) is 0 Å². The molecular formula is C15H19N5O3. The number of hydrogen-bond acceptors (Lipinski definition) is 4. The summed E-state index contributed by atoms with van der Waals surface area (Å²) in [5.41, 5.74) is 10.7. The SMILES string of the molecule is CC[C@@H](C)[C@H](NC(=O)c1ccccc1C(=O)NN)C(=O)C=[N+]=[N-]. The van der Waals surface area contributed by atoms with Crippen molar-refractivity contribution in [3.05, 3.63) is 40.9 Å². The quantitative estimate of drug-likeness (QED) is 0.166. The van der Waals surface area contributed by atoms with Crippen LogP contribution >= 0.6 is 0 Å². The Hall–Kier alpha value is -2.83. The van der Waals surface area contributed by atoms with Gasteiger partial charge in [-0.1, -0.05) is 32.4 Å². The molecule has 8 heteroatoms. The molecule has 8 nitrogen and oxygen atoms in total. The lowest BCUT2D eigenvalue weighted by atomic mass is 9.95. The van der Waals surface area contributed by atoms with Crippen molar-refractivity contribution in [1.29, 1.82) is 0 Å². The Bertz CT molecular complexity index is 652. The van der Waals surface area contributed by atoms with Gasteiger partial charge in [-0.3, -0.25) is 19.8 Å². The Morgan fingerprint density at radius 3 is 2.30 bits per heavy atom. The van der Waals surface area contributed by atoms with Crippen molar-refractivity contribution in [2.75, 3.05) is 0 Å². The van der Waals surface area contributed by atoms with E-state index in [1.54, 1.807) is 19.1 Å². The smallest absolute Gasteiger partial charge is 0.325 e. The van der Waals surface area contributed by atoms with E-state index in [1.807, 2.05) is 12.3 Å². The van der Waals surface area contributed by atoms with E-state index in [1.165, 1.54) is 12.1 Å². The maximum atomic E-state index is 12.4. The average molecular weight is 317 g/mol. The number of ketones is 1. The Balaban J connectivity index is 3.11. The number of hydrazine groups is 1. The van der Waals surface area contributed by atoms with Crippen LogP contribution < -0.4 is 16.6 Å². The topological polar surface area (TPSA) is 138 Å². The molecule has 0 radical (unpaired) electrons. The summed E-state index contributed by atoms with van der Waals surface area (Å²) in [6, 6.07) is 5.23. The van der Waals surface area contributed by atoms with E-state index >= 15 is 0 Å². The number of hydrogen-bond donors (Lipinski definition) is 3. The van der Waals surface area contributed by atoms with E-state index < -0.39 is 23.6 Å². The van der Waals surface area contributed by atoms with Gasteiger partial charge in [0.1, 0.15) is 6.04 Å². The first kappa shape index (κ1) is 18.2. The van der Waals surface area contributed by atoms with Gasteiger partial charge in [0.2, 0.25) is 0 Å². The molecule has 23 heavy (non-hydrogen) atoms. The average Bonchev–Trinajstić information content (AvgIpc) is 2.58. The van der Waals surface area contributed by atoms with E-state index in [9.17, 15) is 14.4 Å². The molecule has 0 heterocycles. The van der Waals surface area contributed by atoms with Gasteiger partial charge in [-0.25, -0.2) is 5.84 Å². The number of carbonyl (C=O) groups excluding carboxylic acids is 3. The maximum Gasteiger partial charge on any atom is 0.325 e. The van der Waals surface area contributed by atoms with Gasteiger partial charge in [-0.2, -0.15) is 4.79 Å². The van der Waals surface area contributed by atoms with Gasteiger partial charge in [0.25, 0.3) is 17.6 Å². The fourth-order valence-corrected chi connectivity index (χ4v) is 2.04. The van der Waals surface area contributed by atoms with Crippen molar-refractivity contribution in [3.8, 4) is 0 Å².